The van der Waals surface area contributed by atoms with Gasteiger partial charge in [-0.05, 0) is 48.6 Å². The predicted octanol–water partition coefficient (Wildman–Crippen LogP) is 4.00. The quantitative estimate of drug-likeness (QED) is 0.561. The van der Waals surface area contributed by atoms with E-state index in [9.17, 15) is 14.7 Å². The Morgan fingerprint density at radius 2 is 1.94 bits per heavy atom. The van der Waals surface area contributed by atoms with Gasteiger partial charge in [0.1, 0.15) is 0 Å². The molecule has 2 amide bonds. The maximum Gasteiger partial charge on any atom is 0.254 e. The number of benzene rings is 2. The van der Waals surface area contributed by atoms with Crippen molar-refractivity contribution in [1.82, 2.24) is 15.2 Å². The maximum absolute atomic E-state index is 13.1. The van der Waals surface area contributed by atoms with Crippen LogP contribution in [-0.2, 0) is 4.79 Å². The summed E-state index contributed by atoms with van der Waals surface area (Å²) < 4.78 is 0. The molecule has 6 nitrogen and oxygen atoms in total. The fraction of sp³-hybridized carbons (Fsp3) is 0.261. The Bertz CT molecular complexity index is 1130. The molecule has 1 unspecified atom stereocenters. The fourth-order valence-corrected chi connectivity index (χ4v) is 3.99. The van der Waals surface area contributed by atoms with Crippen molar-refractivity contribution in [3.05, 3.63) is 76.0 Å². The lowest BCUT2D eigenvalue weighted by atomic mass is 10.1. The second kappa shape index (κ2) is 9.22. The standard InChI is InChI=1S/C23H21Cl2N3O3/c24-17-3-6-19(20(25)12-17)21(29)22(30)27-9-10-28(18-4-5-18)23(31)15-1-2-16-13-26-8-7-14(16)11-15/h1-3,6-8,11-13,18,21,29H,4-5,9-10H2,(H,27,30). The molecular formula is C23H21Cl2N3O3. The molecule has 0 aliphatic heterocycles. The first kappa shape index (κ1) is 21.6. The van der Waals surface area contributed by atoms with Crippen molar-refractivity contribution in [3.8, 4) is 0 Å². The summed E-state index contributed by atoms with van der Waals surface area (Å²) in [5.41, 5.74) is 0.884. The van der Waals surface area contributed by atoms with Gasteiger partial charge in [-0.2, -0.15) is 0 Å². The SMILES string of the molecule is O=C(NCCN(C(=O)c1ccc2cnccc2c1)C1CC1)C(O)c1ccc(Cl)cc1Cl. The molecule has 1 saturated carbocycles. The first-order chi connectivity index (χ1) is 14.9. The lowest BCUT2D eigenvalue weighted by Crippen LogP contribution is -2.41. The van der Waals surface area contributed by atoms with E-state index >= 15 is 0 Å². The molecule has 31 heavy (non-hydrogen) atoms. The van der Waals surface area contributed by atoms with Crippen LogP contribution in [0.1, 0.15) is 34.9 Å². The van der Waals surface area contributed by atoms with Gasteiger partial charge in [-0.3, -0.25) is 14.6 Å². The molecule has 160 valence electrons. The zero-order valence-corrected chi connectivity index (χ0v) is 18.1. The number of hydrogen-bond donors (Lipinski definition) is 2. The van der Waals surface area contributed by atoms with Crippen molar-refractivity contribution in [3.63, 3.8) is 0 Å². The molecule has 1 fully saturated rings. The summed E-state index contributed by atoms with van der Waals surface area (Å²) in [6.45, 7) is 0.575. The van der Waals surface area contributed by atoms with Crippen LogP contribution in [0.25, 0.3) is 10.8 Å². The van der Waals surface area contributed by atoms with E-state index in [0.29, 0.717) is 17.1 Å². The molecule has 0 saturated heterocycles. The summed E-state index contributed by atoms with van der Waals surface area (Å²) in [5, 5.41) is 15.6. The van der Waals surface area contributed by atoms with Gasteiger partial charge in [0.05, 0.1) is 0 Å². The first-order valence-corrected chi connectivity index (χ1v) is 10.7. The number of nitrogens with one attached hydrogen (secondary N) is 1. The molecular weight excluding hydrogens is 437 g/mol. The third-order valence-corrected chi connectivity index (χ3v) is 5.86. The van der Waals surface area contributed by atoms with Crippen LogP contribution < -0.4 is 5.32 Å². The van der Waals surface area contributed by atoms with Crippen LogP contribution in [0.15, 0.2) is 54.9 Å². The van der Waals surface area contributed by atoms with Crippen molar-refractivity contribution in [2.24, 2.45) is 0 Å². The van der Waals surface area contributed by atoms with E-state index in [1.54, 1.807) is 29.4 Å². The van der Waals surface area contributed by atoms with E-state index in [-0.39, 0.29) is 29.1 Å². The largest absolute Gasteiger partial charge is 0.378 e. The number of halogens is 2. The number of amides is 2. The number of carbonyl (C=O) groups is 2. The summed E-state index contributed by atoms with van der Waals surface area (Å²) in [5.74, 6) is -0.651. The van der Waals surface area contributed by atoms with Gasteiger partial charge in [0.2, 0.25) is 0 Å². The van der Waals surface area contributed by atoms with E-state index < -0.39 is 12.0 Å². The van der Waals surface area contributed by atoms with Gasteiger partial charge in [0, 0.05) is 58.1 Å². The van der Waals surface area contributed by atoms with Gasteiger partial charge < -0.3 is 15.3 Å². The highest BCUT2D eigenvalue weighted by Crippen LogP contribution is 2.29. The third-order valence-electron chi connectivity index (χ3n) is 5.29. The summed E-state index contributed by atoms with van der Waals surface area (Å²) in [4.78, 5) is 31.3. The van der Waals surface area contributed by atoms with Gasteiger partial charge >= 0.3 is 0 Å². The van der Waals surface area contributed by atoms with Gasteiger partial charge in [0.15, 0.2) is 6.10 Å². The number of aliphatic hydroxyl groups is 1. The molecule has 3 aromatic rings. The molecule has 1 aliphatic rings. The minimum atomic E-state index is -1.41. The number of pyridine rings is 1. The Hall–Kier alpha value is -2.67. The number of nitrogens with zero attached hydrogens (tertiary/aromatic N) is 2. The Morgan fingerprint density at radius 1 is 1.13 bits per heavy atom. The number of carbonyl (C=O) groups excluding carboxylic acids is 2. The second-order valence-corrected chi connectivity index (χ2v) is 8.37. The highest BCUT2D eigenvalue weighted by atomic mass is 35.5. The van der Waals surface area contributed by atoms with Gasteiger partial charge in [0.25, 0.3) is 11.8 Å². The van der Waals surface area contributed by atoms with Gasteiger partial charge in [-0.25, -0.2) is 0 Å². The van der Waals surface area contributed by atoms with Crippen LogP contribution in [0.3, 0.4) is 0 Å². The van der Waals surface area contributed by atoms with Crippen LogP contribution in [0.5, 0.6) is 0 Å². The van der Waals surface area contributed by atoms with Crippen LogP contribution in [-0.4, -0.2) is 45.9 Å². The fourth-order valence-electron chi connectivity index (χ4n) is 3.48. The van der Waals surface area contributed by atoms with Crippen LogP contribution in [0, 0.1) is 0 Å². The summed E-state index contributed by atoms with van der Waals surface area (Å²) in [6.07, 6.45) is 3.93. The Labute approximate surface area is 189 Å². The monoisotopic (exact) mass is 457 g/mol. The Morgan fingerprint density at radius 3 is 2.68 bits per heavy atom. The van der Waals surface area contributed by atoms with Crippen molar-refractivity contribution in [1.29, 1.82) is 0 Å². The average molecular weight is 458 g/mol. The van der Waals surface area contributed by atoms with Crippen molar-refractivity contribution in [2.45, 2.75) is 25.0 Å². The van der Waals surface area contributed by atoms with Crippen molar-refractivity contribution in [2.75, 3.05) is 13.1 Å². The van der Waals surface area contributed by atoms with Gasteiger partial charge in [-0.15, -0.1) is 0 Å². The third kappa shape index (κ3) is 4.98. The molecule has 8 heteroatoms. The minimum Gasteiger partial charge on any atom is -0.378 e. The molecule has 2 aromatic carbocycles. The summed E-state index contributed by atoms with van der Waals surface area (Å²) in [7, 11) is 0. The van der Waals surface area contributed by atoms with E-state index in [2.05, 4.69) is 10.3 Å². The number of hydrogen-bond acceptors (Lipinski definition) is 4. The number of aliphatic hydroxyl groups excluding tert-OH is 1. The molecule has 1 heterocycles. The smallest absolute Gasteiger partial charge is 0.254 e. The molecule has 0 spiro atoms. The molecule has 1 aromatic heterocycles. The maximum atomic E-state index is 13.1. The number of aromatic nitrogens is 1. The molecule has 2 N–H and O–H groups in total. The van der Waals surface area contributed by atoms with Crippen molar-refractivity contribution < 1.29 is 14.7 Å². The molecule has 1 aliphatic carbocycles. The van der Waals surface area contributed by atoms with E-state index in [0.717, 1.165) is 23.6 Å². The summed E-state index contributed by atoms with van der Waals surface area (Å²) in [6, 6.07) is 12.1. The lowest BCUT2D eigenvalue weighted by molar-refractivity contribution is -0.129. The molecule has 4 rings (SSSR count). The topological polar surface area (TPSA) is 82.5 Å². The van der Waals surface area contributed by atoms with E-state index in [1.165, 1.54) is 12.1 Å². The zero-order chi connectivity index (χ0) is 22.0. The minimum absolute atomic E-state index is 0.0724. The second-order valence-electron chi connectivity index (χ2n) is 7.53. The lowest BCUT2D eigenvalue weighted by Gasteiger charge is -2.23. The highest BCUT2D eigenvalue weighted by molar-refractivity contribution is 6.35. The predicted molar refractivity (Wildman–Crippen MR) is 120 cm³/mol. The Balaban J connectivity index is 1.39. The molecule has 0 radical (unpaired) electrons. The number of fused-ring (bicyclic) bond motifs is 1. The normalized spacial score (nSPS) is 14.3. The van der Waals surface area contributed by atoms with E-state index in [1.807, 2.05) is 18.2 Å². The number of rotatable bonds is 7. The average Bonchev–Trinajstić information content (AvgIpc) is 3.60. The molecule has 0 bridgehead atoms. The molecule has 1 atom stereocenters. The highest BCUT2D eigenvalue weighted by Gasteiger charge is 2.33. The van der Waals surface area contributed by atoms with Gasteiger partial charge in [-0.1, -0.05) is 35.3 Å². The van der Waals surface area contributed by atoms with Crippen LogP contribution in [0.4, 0.5) is 0 Å². The Kier molecular flexibility index (Phi) is 6.41. The van der Waals surface area contributed by atoms with Crippen molar-refractivity contribution >= 4 is 45.8 Å². The zero-order valence-electron chi connectivity index (χ0n) is 16.6. The van der Waals surface area contributed by atoms with Crippen LogP contribution in [0.2, 0.25) is 10.0 Å². The van der Waals surface area contributed by atoms with Crippen LogP contribution >= 0.6 is 23.2 Å². The van der Waals surface area contributed by atoms with E-state index in [4.69, 9.17) is 23.2 Å². The first-order valence-electron chi connectivity index (χ1n) is 9.99. The summed E-state index contributed by atoms with van der Waals surface area (Å²) >= 11 is 11.9.